The van der Waals surface area contributed by atoms with Crippen molar-refractivity contribution in [3.05, 3.63) is 11.8 Å². The average molecular weight is 332 g/mol. The lowest BCUT2D eigenvalue weighted by atomic mass is 9.95. The molecule has 0 N–H and O–H groups in total. The third kappa shape index (κ3) is 7.30. The molecule has 1 aliphatic rings. The molecule has 0 fully saturated rings. The van der Waals surface area contributed by atoms with Crippen LogP contribution in [0, 0.1) is 17.8 Å². The van der Waals surface area contributed by atoms with Crippen LogP contribution < -0.4 is 0 Å². The molecule has 0 heterocycles. The third-order valence-corrected chi connectivity index (χ3v) is 5.68. The summed E-state index contributed by atoms with van der Waals surface area (Å²) in [5.41, 5.74) is 0. The minimum Gasteiger partial charge on any atom is -0.409 e. The molecule has 0 spiro atoms. The van der Waals surface area contributed by atoms with Gasteiger partial charge in [0.1, 0.15) is 5.76 Å². The van der Waals surface area contributed by atoms with E-state index in [0.717, 1.165) is 37.9 Å². The first-order valence-corrected chi connectivity index (χ1v) is 10.1. The van der Waals surface area contributed by atoms with Crippen LogP contribution in [0.1, 0.15) is 66.7 Å². The molecular formula is C17H33O4P. The van der Waals surface area contributed by atoms with E-state index in [1.54, 1.807) is 0 Å². The minimum absolute atomic E-state index is 0.337. The van der Waals surface area contributed by atoms with Crippen LogP contribution in [0.5, 0.6) is 0 Å². The zero-order valence-electron chi connectivity index (χ0n) is 14.8. The second-order valence-electron chi connectivity index (χ2n) is 6.71. The van der Waals surface area contributed by atoms with Crippen LogP contribution in [0.4, 0.5) is 0 Å². The predicted octanol–water partition coefficient (Wildman–Crippen LogP) is 5.94. The lowest BCUT2D eigenvalue weighted by molar-refractivity contribution is 0.105. The Hall–Kier alpha value is -0.310. The van der Waals surface area contributed by atoms with Gasteiger partial charge < -0.3 is 4.52 Å². The van der Waals surface area contributed by atoms with E-state index in [1.807, 2.05) is 6.08 Å². The predicted molar refractivity (Wildman–Crippen MR) is 90.6 cm³/mol. The highest BCUT2D eigenvalue weighted by atomic mass is 31.2. The summed E-state index contributed by atoms with van der Waals surface area (Å²) >= 11 is 0. The Morgan fingerprint density at radius 2 is 1.73 bits per heavy atom. The fourth-order valence-corrected chi connectivity index (χ4v) is 3.44. The second-order valence-corrected chi connectivity index (χ2v) is 8.30. The van der Waals surface area contributed by atoms with E-state index in [2.05, 4.69) is 34.6 Å². The molecule has 0 radical (unpaired) electrons. The highest BCUT2D eigenvalue weighted by Crippen LogP contribution is 2.53. The van der Waals surface area contributed by atoms with Crippen LogP contribution in [-0.4, -0.2) is 13.2 Å². The molecule has 4 nitrogen and oxygen atoms in total. The number of allylic oxidation sites excluding steroid dienone is 2. The number of rotatable bonds is 10. The van der Waals surface area contributed by atoms with Gasteiger partial charge in [-0.25, -0.2) is 4.57 Å². The van der Waals surface area contributed by atoms with Gasteiger partial charge in [-0.05, 0) is 36.7 Å². The van der Waals surface area contributed by atoms with E-state index in [9.17, 15) is 4.57 Å². The van der Waals surface area contributed by atoms with E-state index in [4.69, 9.17) is 13.6 Å². The van der Waals surface area contributed by atoms with Crippen LogP contribution in [0.25, 0.3) is 0 Å². The highest BCUT2D eigenvalue weighted by molar-refractivity contribution is 7.48. The van der Waals surface area contributed by atoms with Crippen molar-refractivity contribution < 1.29 is 18.1 Å². The Morgan fingerprint density at radius 3 is 2.14 bits per heavy atom. The number of phosphoric ester groups is 1. The molecule has 0 aromatic heterocycles. The van der Waals surface area contributed by atoms with Crippen molar-refractivity contribution in [3.8, 4) is 0 Å². The fraction of sp³-hybridized carbons (Fsp3) is 0.882. The van der Waals surface area contributed by atoms with Crippen LogP contribution in [0.2, 0.25) is 0 Å². The van der Waals surface area contributed by atoms with Crippen LogP contribution in [0.15, 0.2) is 11.8 Å². The molecule has 0 aromatic carbocycles. The van der Waals surface area contributed by atoms with Crippen molar-refractivity contribution in [2.24, 2.45) is 17.8 Å². The van der Waals surface area contributed by atoms with Gasteiger partial charge in [-0.3, -0.25) is 9.05 Å². The molecule has 1 aliphatic carbocycles. The van der Waals surface area contributed by atoms with E-state index in [0.29, 0.717) is 31.0 Å². The summed E-state index contributed by atoms with van der Waals surface area (Å²) in [5.74, 6) is 2.09. The first-order chi connectivity index (χ1) is 10.4. The maximum atomic E-state index is 12.9. The average Bonchev–Trinajstić information content (AvgIpc) is 2.52. The van der Waals surface area contributed by atoms with Gasteiger partial charge in [-0.1, -0.05) is 47.5 Å². The molecule has 0 saturated carbocycles. The molecule has 0 saturated heterocycles. The summed E-state index contributed by atoms with van der Waals surface area (Å²) in [6.07, 6.45) is 6.82. The third-order valence-electron chi connectivity index (χ3n) is 4.29. The maximum Gasteiger partial charge on any atom is 0.529 e. The van der Waals surface area contributed by atoms with Crippen molar-refractivity contribution in [2.75, 3.05) is 13.2 Å². The Kier molecular flexibility index (Phi) is 8.74. The summed E-state index contributed by atoms with van der Waals surface area (Å²) in [7, 11) is -3.51. The molecule has 22 heavy (non-hydrogen) atoms. The Labute approximate surface area is 136 Å². The second kappa shape index (κ2) is 9.75. The molecule has 0 bridgehead atoms. The van der Waals surface area contributed by atoms with Gasteiger partial charge in [-0.15, -0.1) is 0 Å². The molecule has 0 amide bonds. The van der Waals surface area contributed by atoms with Gasteiger partial charge in [0.2, 0.25) is 0 Å². The number of phosphoric acid groups is 1. The first kappa shape index (κ1) is 19.7. The molecule has 5 heteroatoms. The van der Waals surface area contributed by atoms with Crippen molar-refractivity contribution >= 4 is 7.82 Å². The van der Waals surface area contributed by atoms with Crippen molar-refractivity contribution in [1.82, 2.24) is 0 Å². The van der Waals surface area contributed by atoms with E-state index in [-0.39, 0.29) is 0 Å². The van der Waals surface area contributed by atoms with Gasteiger partial charge in [0.25, 0.3) is 0 Å². The Morgan fingerprint density at radius 1 is 1.18 bits per heavy atom. The van der Waals surface area contributed by atoms with E-state index in [1.165, 1.54) is 0 Å². The zero-order chi connectivity index (χ0) is 16.6. The normalized spacial score (nSPS) is 22.0. The molecule has 130 valence electrons. The first-order valence-electron chi connectivity index (χ1n) is 8.66. The molecule has 1 unspecified atom stereocenters. The lowest BCUT2D eigenvalue weighted by Crippen LogP contribution is -2.11. The Balaban J connectivity index is 2.65. The SMILES string of the molecule is CC[C@H](C)COP(=O)(OC[C@@H](C)CC)OC1=CCC(C)CC1. The molecule has 0 aromatic rings. The fourth-order valence-electron chi connectivity index (χ4n) is 1.93. The summed E-state index contributed by atoms with van der Waals surface area (Å²) in [6, 6.07) is 0. The van der Waals surface area contributed by atoms with Gasteiger partial charge in [0.15, 0.2) is 0 Å². The van der Waals surface area contributed by atoms with Crippen molar-refractivity contribution in [1.29, 1.82) is 0 Å². The van der Waals surface area contributed by atoms with Gasteiger partial charge in [0, 0.05) is 6.42 Å². The lowest BCUT2D eigenvalue weighted by Gasteiger charge is -2.25. The van der Waals surface area contributed by atoms with Crippen LogP contribution in [-0.2, 0) is 18.1 Å². The molecule has 1 rings (SSSR count). The highest BCUT2D eigenvalue weighted by Gasteiger charge is 2.31. The van der Waals surface area contributed by atoms with Gasteiger partial charge >= 0.3 is 7.82 Å². The van der Waals surface area contributed by atoms with E-state index >= 15 is 0 Å². The van der Waals surface area contributed by atoms with Crippen LogP contribution >= 0.6 is 7.82 Å². The quantitative estimate of drug-likeness (QED) is 0.464. The largest absolute Gasteiger partial charge is 0.529 e. The van der Waals surface area contributed by atoms with Crippen molar-refractivity contribution in [2.45, 2.75) is 66.7 Å². The molecule has 0 aliphatic heterocycles. The van der Waals surface area contributed by atoms with Crippen LogP contribution in [0.3, 0.4) is 0 Å². The monoisotopic (exact) mass is 332 g/mol. The standard InChI is InChI=1S/C17H33O4P/c1-6-14(3)12-19-22(18,20-13-15(4)7-2)21-17-10-8-16(5)9-11-17/h10,14-16H,6-9,11-13H2,1-5H3/t14-,15-,16?/m0/s1. The van der Waals surface area contributed by atoms with Gasteiger partial charge in [0.05, 0.1) is 13.2 Å². The summed E-state index contributed by atoms with van der Waals surface area (Å²) < 4.78 is 29.7. The van der Waals surface area contributed by atoms with E-state index < -0.39 is 7.82 Å². The zero-order valence-corrected chi connectivity index (χ0v) is 15.7. The molecular weight excluding hydrogens is 299 g/mol. The van der Waals surface area contributed by atoms with Crippen molar-refractivity contribution in [3.63, 3.8) is 0 Å². The summed E-state index contributed by atoms with van der Waals surface area (Å²) in [5, 5.41) is 0. The summed E-state index contributed by atoms with van der Waals surface area (Å²) in [6.45, 7) is 11.3. The number of hydrogen-bond acceptors (Lipinski definition) is 4. The Bertz CT molecular complexity index is 376. The summed E-state index contributed by atoms with van der Waals surface area (Å²) in [4.78, 5) is 0. The topological polar surface area (TPSA) is 44.8 Å². The number of hydrogen-bond donors (Lipinski definition) is 0. The minimum atomic E-state index is -3.51. The maximum absolute atomic E-state index is 12.9. The van der Waals surface area contributed by atoms with Gasteiger partial charge in [-0.2, -0.15) is 0 Å². The molecule has 3 atom stereocenters. The smallest absolute Gasteiger partial charge is 0.409 e.